The second-order valence-electron chi connectivity index (χ2n) is 6.57. The zero-order valence-corrected chi connectivity index (χ0v) is 16.1. The van der Waals surface area contributed by atoms with E-state index in [-0.39, 0.29) is 19.3 Å². The molecular weight excluding hydrogens is 370 g/mol. The van der Waals surface area contributed by atoms with E-state index in [1.807, 2.05) is 0 Å². The summed E-state index contributed by atoms with van der Waals surface area (Å²) in [4.78, 5) is 46.8. The highest BCUT2D eigenvalue weighted by molar-refractivity contribution is 5.92. The summed E-state index contributed by atoms with van der Waals surface area (Å²) < 4.78 is 0. The normalized spacial score (nSPS) is 14.0. The first-order chi connectivity index (χ1) is 13.2. The Labute approximate surface area is 164 Å². The lowest BCUT2D eigenvalue weighted by atomic mass is 10.1. The van der Waals surface area contributed by atoms with Gasteiger partial charge >= 0.3 is 11.9 Å². The van der Waals surface area contributed by atoms with E-state index >= 15 is 0 Å². The molecule has 0 saturated carbocycles. The number of nitrogens with two attached hydrogens (primary N) is 3. The number of hydrogen-bond acceptors (Lipinski definition) is 7. The first-order valence-corrected chi connectivity index (χ1v) is 9.44. The molecule has 162 valence electrons. The zero-order chi connectivity index (χ0) is 21.5. The number of hydrogen-bond donors (Lipinski definition) is 7. The van der Waals surface area contributed by atoms with Gasteiger partial charge in [-0.05, 0) is 51.6 Å². The van der Waals surface area contributed by atoms with Crippen LogP contribution in [0.4, 0.5) is 0 Å². The summed E-state index contributed by atoms with van der Waals surface area (Å²) in [5, 5.41) is 22.9. The van der Waals surface area contributed by atoms with Crippen molar-refractivity contribution >= 4 is 23.8 Å². The van der Waals surface area contributed by atoms with Gasteiger partial charge in [-0.15, -0.1) is 0 Å². The Hall–Kier alpha value is -2.24. The Morgan fingerprint density at radius 2 is 1.29 bits per heavy atom. The highest BCUT2D eigenvalue weighted by Crippen LogP contribution is 2.05. The molecule has 11 heteroatoms. The average Bonchev–Trinajstić information content (AvgIpc) is 2.63. The average molecular weight is 403 g/mol. The second-order valence-corrected chi connectivity index (χ2v) is 6.57. The number of aliphatic carboxylic acids is 2. The maximum atomic E-state index is 12.5. The number of unbranched alkanes of at least 4 members (excludes halogenated alkanes) is 2. The van der Waals surface area contributed by atoms with E-state index < -0.39 is 41.9 Å². The van der Waals surface area contributed by atoms with Gasteiger partial charge in [-0.1, -0.05) is 6.42 Å². The molecule has 0 aromatic heterocycles. The van der Waals surface area contributed by atoms with Gasteiger partial charge in [0.05, 0.1) is 6.04 Å². The van der Waals surface area contributed by atoms with Crippen LogP contribution >= 0.6 is 0 Å². The largest absolute Gasteiger partial charge is 0.481 e. The third-order valence-corrected chi connectivity index (χ3v) is 4.15. The van der Waals surface area contributed by atoms with Crippen LogP contribution in [0, 0.1) is 0 Å². The van der Waals surface area contributed by atoms with Crippen LogP contribution in [0.2, 0.25) is 0 Å². The monoisotopic (exact) mass is 403 g/mol. The Balaban J connectivity index is 4.94. The highest BCUT2D eigenvalue weighted by atomic mass is 16.4. The van der Waals surface area contributed by atoms with Crippen LogP contribution in [-0.4, -0.2) is 65.2 Å². The van der Waals surface area contributed by atoms with E-state index in [4.69, 9.17) is 22.3 Å². The molecule has 2 amide bonds. The van der Waals surface area contributed by atoms with Crippen molar-refractivity contribution in [3.05, 3.63) is 0 Å². The Morgan fingerprint density at radius 1 is 0.750 bits per heavy atom. The predicted molar refractivity (Wildman–Crippen MR) is 102 cm³/mol. The molecule has 0 aliphatic rings. The molecule has 0 rings (SSSR count). The van der Waals surface area contributed by atoms with E-state index in [1.54, 1.807) is 0 Å². The third kappa shape index (κ3) is 11.5. The van der Waals surface area contributed by atoms with Crippen molar-refractivity contribution in [2.24, 2.45) is 17.2 Å². The lowest BCUT2D eigenvalue weighted by Crippen LogP contribution is -2.54. The lowest BCUT2D eigenvalue weighted by molar-refractivity contribution is -0.143. The highest BCUT2D eigenvalue weighted by Gasteiger charge is 2.28. The molecule has 3 unspecified atom stereocenters. The van der Waals surface area contributed by atoms with Crippen molar-refractivity contribution in [2.75, 3.05) is 13.1 Å². The number of amides is 2. The summed E-state index contributed by atoms with van der Waals surface area (Å²) in [6.07, 6.45) is 2.45. The maximum absolute atomic E-state index is 12.5. The molecule has 11 nitrogen and oxygen atoms in total. The van der Waals surface area contributed by atoms with Crippen molar-refractivity contribution in [3.63, 3.8) is 0 Å². The third-order valence-electron chi connectivity index (χ3n) is 4.15. The smallest absolute Gasteiger partial charge is 0.326 e. The number of nitrogens with one attached hydrogen (secondary N) is 2. The van der Waals surface area contributed by atoms with Crippen molar-refractivity contribution in [1.82, 2.24) is 10.6 Å². The fourth-order valence-electron chi connectivity index (χ4n) is 2.48. The SMILES string of the molecule is NCCCCC(N)C(=O)NC(CCC(=O)O)C(=O)NC(CCCCN)C(=O)O. The first kappa shape index (κ1) is 25.8. The molecule has 3 atom stereocenters. The van der Waals surface area contributed by atoms with Gasteiger partial charge in [-0.3, -0.25) is 14.4 Å². The topological polar surface area (TPSA) is 211 Å². The second kappa shape index (κ2) is 14.8. The summed E-state index contributed by atoms with van der Waals surface area (Å²) in [6, 6.07) is -3.21. The molecule has 0 aromatic carbocycles. The van der Waals surface area contributed by atoms with Crippen LogP contribution < -0.4 is 27.8 Å². The van der Waals surface area contributed by atoms with Crippen molar-refractivity contribution in [1.29, 1.82) is 0 Å². The Kier molecular flexibility index (Phi) is 13.6. The maximum Gasteiger partial charge on any atom is 0.326 e. The molecule has 28 heavy (non-hydrogen) atoms. The number of carboxylic acid groups (broad SMARTS) is 2. The first-order valence-electron chi connectivity index (χ1n) is 9.44. The van der Waals surface area contributed by atoms with Gasteiger partial charge in [-0.25, -0.2) is 4.79 Å². The van der Waals surface area contributed by atoms with Gasteiger partial charge in [0.1, 0.15) is 12.1 Å². The summed E-state index contributed by atoms with van der Waals surface area (Å²) in [5.41, 5.74) is 16.6. The predicted octanol–water partition coefficient (Wildman–Crippen LogP) is -1.51. The van der Waals surface area contributed by atoms with E-state index in [2.05, 4.69) is 10.6 Å². The summed E-state index contributed by atoms with van der Waals surface area (Å²) in [7, 11) is 0. The molecular formula is C17H33N5O6. The van der Waals surface area contributed by atoms with Crippen LogP contribution in [0.15, 0.2) is 0 Å². The molecule has 0 aliphatic heterocycles. The Morgan fingerprint density at radius 3 is 1.79 bits per heavy atom. The van der Waals surface area contributed by atoms with Crippen LogP contribution in [0.25, 0.3) is 0 Å². The number of carbonyl (C=O) groups is 4. The molecule has 0 spiro atoms. The standard InChI is InChI=1S/C17H33N5O6/c18-9-3-1-5-11(20)15(25)21-12(7-8-14(23)24)16(26)22-13(17(27)28)6-2-4-10-19/h11-13H,1-10,18-20H2,(H,21,25)(H,22,26)(H,23,24)(H,27,28). The quantitative estimate of drug-likeness (QED) is 0.149. The zero-order valence-electron chi connectivity index (χ0n) is 16.1. The molecule has 10 N–H and O–H groups in total. The molecule has 0 aliphatic carbocycles. The van der Waals surface area contributed by atoms with Crippen LogP contribution in [-0.2, 0) is 19.2 Å². The van der Waals surface area contributed by atoms with Gasteiger partial charge in [-0.2, -0.15) is 0 Å². The summed E-state index contributed by atoms with van der Waals surface area (Å²) >= 11 is 0. The minimum atomic E-state index is -1.22. The molecule has 0 saturated heterocycles. The molecule has 0 fully saturated rings. The van der Waals surface area contributed by atoms with E-state index in [0.717, 1.165) is 0 Å². The van der Waals surface area contributed by atoms with E-state index in [9.17, 15) is 24.3 Å². The van der Waals surface area contributed by atoms with Gasteiger partial charge in [0.15, 0.2) is 0 Å². The molecule has 0 aromatic rings. The lowest BCUT2D eigenvalue weighted by Gasteiger charge is -2.22. The number of rotatable bonds is 16. The summed E-state index contributed by atoms with van der Waals surface area (Å²) in [6.45, 7) is 0.873. The van der Waals surface area contributed by atoms with Gasteiger partial charge in [0.25, 0.3) is 0 Å². The van der Waals surface area contributed by atoms with Gasteiger partial charge in [0, 0.05) is 6.42 Å². The van der Waals surface area contributed by atoms with E-state index in [1.165, 1.54) is 0 Å². The van der Waals surface area contributed by atoms with Crippen molar-refractivity contribution < 1.29 is 29.4 Å². The molecule has 0 heterocycles. The van der Waals surface area contributed by atoms with Crippen molar-refractivity contribution in [3.8, 4) is 0 Å². The Bertz CT molecular complexity index is 516. The van der Waals surface area contributed by atoms with Gasteiger partial charge in [0.2, 0.25) is 11.8 Å². The minimum Gasteiger partial charge on any atom is -0.481 e. The number of carbonyl (C=O) groups excluding carboxylic acids is 2. The fraction of sp³-hybridized carbons (Fsp3) is 0.765. The minimum absolute atomic E-state index is 0.177. The van der Waals surface area contributed by atoms with Crippen LogP contribution in [0.1, 0.15) is 51.4 Å². The molecule has 0 radical (unpaired) electrons. The fourth-order valence-corrected chi connectivity index (χ4v) is 2.48. The van der Waals surface area contributed by atoms with Crippen LogP contribution in [0.5, 0.6) is 0 Å². The van der Waals surface area contributed by atoms with Gasteiger partial charge < -0.3 is 38.0 Å². The summed E-state index contributed by atoms with van der Waals surface area (Å²) in [5.74, 6) is -3.72. The number of carboxylic acids is 2. The van der Waals surface area contributed by atoms with Crippen LogP contribution in [0.3, 0.4) is 0 Å². The molecule has 0 bridgehead atoms. The van der Waals surface area contributed by atoms with Crippen molar-refractivity contribution in [2.45, 2.75) is 69.5 Å². The van der Waals surface area contributed by atoms with E-state index in [0.29, 0.717) is 45.2 Å².